The number of fused-ring (bicyclic) bond motifs is 1. The number of nitrogens with zero attached hydrogens (tertiary/aromatic N) is 1. The predicted octanol–water partition coefficient (Wildman–Crippen LogP) is 3.16. The molecular formula is C15H18FNO4. The summed E-state index contributed by atoms with van der Waals surface area (Å²) in [6.07, 6.45) is -0.889. The molecule has 0 spiro atoms. The van der Waals surface area contributed by atoms with Gasteiger partial charge in [0.15, 0.2) is 0 Å². The average Bonchev–Trinajstić information content (AvgIpc) is 2.55. The van der Waals surface area contributed by atoms with Crippen LogP contribution >= 0.6 is 0 Å². The van der Waals surface area contributed by atoms with E-state index in [9.17, 15) is 14.0 Å². The molecule has 0 saturated heterocycles. The molecule has 0 bridgehead atoms. The zero-order valence-corrected chi connectivity index (χ0v) is 12.7. The minimum Gasteiger partial charge on any atom is -0.497 e. The molecular weight excluding hydrogens is 277 g/mol. The highest BCUT2D eigenvalue weighted by atomic mass is 19.1. The van der Waals surface area contributed by atoms with Crippen LogP contribution in [0, 0.1) is 0 Å². The number of carbonyl (C=O) groups excluding carboxylic acids is 2. The fourth-order valence-electron chi connectivity index (χ4n) is 2.14. The lowest BCUT2D eigenvalue weighted by Crippen LogP contribution is -2.42. The standard InChI is InChI=1S/C15H18FNO4/c1-14(2,3)21-13(19)17-11-7-6-9(20-5)8-10(11)15(4,16)12(17)18/h6-8H,1-5H3/t15-/m1/s1. The van der Waals surface area contributed by atoms with E-state index in [-0.39, 0.29) is 11.3 Å². The van der Waals surface area contributed by atoms with Crippen LogP contribution in [0.1, 0.15) is 33.3 Å². The molecule has 0 N–H and O–H groups in total. The van der Waals surface area contributed by atoms with Gasteiger partial charge in [-0.3, -0.25) is 4.79 Å². The number of halogens is 1. The first-order valence-electron chi connectivity index (χ1n) is 6.53. The Labute approximate surface area is 122 Å². The molecule has 0 saturated carbocycles. The Morgan fingerprint density at radius 2 is 1.95 bits per heavy atom. The van der Waals surface area contributed by atoms with E-state index in [2.05, 4.69) is 0 Å². The molecule has 1 atom stereocenters. The van der Waals surface area contributed by atoms with Crippen LogP contribution in [0.2, 0.25) is 0 Å². The molecule has 5 nitrogen and oxygen atoms in total. The van der Waals surface area contributed by atoms with Crippen LogP contribution in [0.4, 0.5) is 14.9 Å². The maximum absolute atomic E-state index is 14.7. The zero-order valence-electron chi connectivity index (χ0n) is 12.7. The van der Waals surface area contributed by atoms with Gasteiger partial charge in [-0.15, -0.1) is 0 Å². The van der Waals surface area contributed by atoms with Crippen LogP contribution in [-0.2, 0) is 15.2 Å². The normalized spacial score (nSPS) is 21.2. The van der Waals surface area contributed by atoms with Gasteiger partial charge < -0.3 is 9.47 Å². The summed E-state index contributed by atoms with van der Waals surface area (Å²) in [4.78, 5) is 25.1. The zero-order chi connectivity index (χ0) is 16.0. The number of imide groups is 1. The Morgan fingerprint density at radius 1 is 1.33 bits per heavy atom. The lowest BCUT2D eigenvalue weighted by Gasteiger charge is -2.24. The summed E-state index contributed by atoms with van der Waals surface area (Å²) in [5.74, 6) is -0.545. The average molecular weight is 295 g/mol. The first kappa shape index (κ1) is 15.3. The summed E-state index contributed by atoms with van der Waals surface area (Å²) < 4.78 is 24.9. The number of hydrogen-bond acceptors (Lipinski definition) is 4. The summed E-state index contributed by atoms with van der Waals surface area (Å²) in [6.45, 7) is 6.15. The van der Waals surface area contributed by atoms with Gasteiger partial charge in [0.25, 0.3) is 5.91 Å². The molecule has 0 aromatic heterocycles. The number of carbonyl (C=O) groups is 2. The number of methoxy groups -OCH3 is 1. The van der Waals surface area contributed by atoms with Crippen molar-refractivity contribution in [3.63, 3.8) is 0 Å². The number of alkyl halides is 1. The van der Waals surface area contributed by atoms with Crippen LogP contribution in [0.3, 0.4) is 0 Å². The molecule has 6 heteroatoms. The molecule has 114 valence electrons. The number of anilines is 1. The first-order chi connectivity index (χ1) is 9.58. The number of rotatable bonds is 1. The van der Waals surface area contributed by atoms with E-state index >= 15 is 0 Å². The Kier molecular flexibility index (Phi) is 3.43. The van der Waals surface area contributed by atoms with Crippen LogP contribution in [0.25, 0.3) is 0 Å². The number of benzene rings is 1. The Bertz CT molecular complexity index is 604. The van der Waals surface area contributed by atoms with Crippen molar-refractivity contribution < 1.29 is 23.5 Å². The molecule has 1 aliphatic rings. The minimum atomic E-state index is -2.29. The molecule has 0 fully saturated rings. The first-order valence-corrected chi connectivity index (χ1v) is 6.53. The van der Waals surface area contributed by atoms with Gasteiger partial charge in [-0.1, -0.05) is 0 Å². The fourth-order valence-corrected chi connectivity index (χ4v) is 2.14. The van der Waals surface area contributed by atoms with Crippen LogP contribution in [0.15, 0.2) is 18.2 Å². The van der Waals surface area contributed by atoms with Gasteiger partial charge in [0, 0.05) is 5.56 Å². The molecule has 0 aliphatic carbocycles. The van der Waals surface area contributed by atoms with Gasteiger partial charge in [0.05, 0.1) is 12.8 Å². The van der Waals surface area contributed by atoms with Crippen molar-refractivity contribution in [2.45, 2.75) is 39.0 Å². The van der Waals surface area contributed by atoms with Gasteiger partial charge in [-0.25, -0.2) is 14.1 Å². The molecule has 0 unspecified atom stereocenters. The lowest BCUT2D eigenvalue weighted by molar-refractivity contribution is -0.128. The van der Waals surface area contributed by atoms with Gasteiger partial charge in [0.2, 0.25) is 5.67 Å². The highest BCUT2D eigenvalue weighted by Crippen LogP contribution is 2.44. The van der Waals surface area contributed by atoms with Crippen molar-refractivity contribution >= 4 is 17.7 Å². The number of amides is 2. The molecule has 2 amide bonds. The Morgan fingerprint density at radius 3 is 2.48 bits per heavy atom. The third kappa shape index (κ3) is 2.57. The fraction of sp³-hybridized carbons (Fsp3) is 0.467. The van der Waals surface area contributed by atoms with Crippen molar-refractivity contribution in [1.29, 1.82) is 0 Å². The maximum atomic E-state index is 14.7. The van der Waals surface area contributed by atoms with Gasteiger partial charge in [-0.05, 0) is 45.9 Å². The van der Waals surface area contributed by atoms with E-state index in [0.29, 0.717) is 5.75 Å². The summed E-state index contributed by atoms with van der Waals surface area (Å²) in [6, 6.07) is 4.45. The number of ether oxygens (including phenoxy) is 2. The second kappa shape index (κ2) is 4.72. The summed E-state index contributed by atoms with van der Waals surface area (Å²) in [5, 5.41) is 0. The van der Waals surface area contributed by atoms with Crippen molar-refractivity contribution in [1.82, 2.24) is 0 Å². The topological polar surface area (TPSA) is 55.8 Å². The second-order valence-electron chi connectivity index (χ2n) is 6.01. The van der Waals surface area contributed by atoms with Crippen LogP contribution < -0.4 is 9.64 Å². The van der Waals surface area contributed by atoms with E-state index in [1.165, 1.54) is 19.2 Å². The third-order valence-corrected chi connectivity index (χ3v) is 3.13. The summed E-state index contributed by atoms with van der Waals surface area (Å²) >= 11 is 0. The highest BCUT2D eigenvalue weighted by molar-refractivity contribution is 6.20. The van der Waals surface area contributed by atoms with Crippen molar-refractivity contribution in [3.8, 4) is 5.75 Å². The van der Waals surface area contributed by atoms with Crippen molar-refractivity contribution in [2.75, 3.05) is 12.0 Å². The lowest BCUT2D eigenvalue weighted by atomic mass is 10.00. The van der Waals surface area contributed by atoms with Crippen molar-refractivity contribution in [2.24, 2.45) is 0 Å². The van der Waals surface area contributed by atoms with Gasteiger partial charge >= 0.3 is 6.09 Å². The molecule has 1 aliphatic heterocycles. The smallest absolute Gasteiger partial charge is 0.421 e. The predicted molar refractivity (Wildman–Crippen MR) is 75.2 cm³/mol. The summed E-state index contributed by atoms with van der Waals surface area (Å²) in [7, 11) is 1.44. The van der Waals surface area contributed by atoms with Gasteiger partial charge in [-0.2, -0.15) is 0 Å². The second-order valence-corrected chi connectivity index (χ2v) is 6.01. The maximum Gasteiger partial charge on any atom is 0.421 e. The Balaban J connectivity index is 2.48. The molecule has 1 aromatic rings. The monoisotopic (exact) mass is 295 g/mol. The summed E-state index contributed by atoms with van der Waals surface area (Å²) in [5.41, 5.74) is -2.79. The van der Waals surface area contributed by atoms with Crippen LogP contribution in [-0.4, -0.2) is 24.7 Å². The number of hydrogen-bond donors (Lipinski definition) is 0. The quantitative estimate of drug-likeness (QED) is 0.798. The van der Waals surface area contributed by atoms with E-state index < -0.39 is 23.3 Å². The van der Waals surface area contributed by atoms with Crippen molar-refractivity contribution in [3.05, 3.63) is 23.8 Å². The van der Waals surface area contributed by atoms with E-state index in [1.54, 1.807) is 26.8 Å². The molecule has 0 radical (unpaired) electrons. The molecule has 1 heterocycles. The highest BCUT2D eigenvalue weighted by Gasteiger charge is 2.51. The Hall–Kier alpha value is -2.11. The minimum absolute atomic E-state index is 0.0951. The molecule has 21 heavy (non-hydrogen) atoms. The van der Waals surface area contributed by atoms with E-state index in [4.69, 9.17) is 9.47 Å². The SMILES string of the molecule is COc1ccc2c(c1)[C@@](C)(F)C(=O)N2C(=O)OC(C)(C)C. The largest absolute Gasteiger partial charge is 0.497 e. The van der Waals surface area contributed by atoms with E-state index in [0.717, 1.165) is 11.8 Å². The third-order valence-electron chi connectivity index (χ3n) is 3.13. The molecule has 1 aromatic carbocycles. The van der Waals surface area contributed by atoms with Gasteiger partial charge in [0.1, 0.15) is 11.4 Å². The molecule has 2 rings (SSSR count). The van der Waals surface area contributed by atoms with Crippen LogP contribution in [0.5, 0.6) is 5.75 Å². The van der Waals surface area contributed by atoms with E-state index in [1.807, 2.05) is 0 Å².